The van der Waals surface area contributed by atoms with Gasteiger partial charge in [0.25, 0.3) is 0 Å². The minimum Gasteiger partial charge on any atom is -0.361 e. The van der Waals surface area contributed by atoms with Crippen LogP contribution in [0.15, 0.2) is 30.5 Å². The van der Waals surface area contributed by atoms with Gasteiger partial charge in [0.05, 0.1) is 12.6 Å². The van der Waals surface area contributed by atoms with Gasteiger partial charge in [0, 0.05) is 23.6 Å². The van der Waals surface area contributed by atoms with Gasteiger partial charge in [-0.1, -0.05) is 24.1 Å². The second kappa shape index (κ2) is 6.27. The number of nitrogens with one attached hydrogen (secondary N) is 1. The van der Waals surface area contributed by atoms with Crippen molar-refractivity contribution >= 4 is 16.8 Å². The first-order valence-corrected chi connectivity index (χ1v) is 6.70. The lowest BCUT2D eigenvalue weighted by atomic mass is 10.0. The van der Waals surface area contributed by atoms with Crippen LogP contribution in [-0.4, -0.2) is 34.9 Å². The Balaban J connectivity index is 2.13. The Bertz CT molecular complexity index is 638. The van der Waals surface area contributed by atoms with Gasteiger partial charge in [0.2, 0.25) is 5.91 Å². The summed E-state index contributed by atoms with van der Waals surface area (Å²) in [5, 5.41) is 1.11. The van der Waals surface area contributed by atoms with Crippen molar-refractivity contribution in [1.29, 1.82) is 0 Å². The maximum atomic E-state index is 12.2. The molecule has 1 atom stereocenters. The molecule has 1 heterocycles. The fraction of sp³-hybridized carbons (Fsp3) is 0.312. The van der Waals surface area contributed by atoms with Crippen molar-refractivity contribution in [2.75, 3.05) is 13.1 Å². The average Bonchev–Trinajstić information content (AvgIpc) is 2.87. The molecule has 0 radical (unpaired) electrons. The molecule has 0 saturated heterocycles. The van der Waals surface area contributed by atoms with E-state index in [1.165, 1.54) is 0 Å². The van der Waals surface area contributed by atoms with Crippen molar-refractivity contribution < 1.29 is 4.79 Å². The first-order chi connectivity index (χ1) is 9.67. The van der Waals surface area contributed by atoms with E-state index in [-0.39, 0.29) is 5.91 Å². The van der Waals surface area contributed by atoms with E-state index in [9.17, 15) is 4.79 Å². The number of aromatic amines is 1. The lowest BCUT2D eigenvalue weighted by Gasteiger charge is -2.22. The number of nitrogens with zero attached hydrogens (tertiary/aromatic N) is 1. The Morgan fingerprint density at radius 3 is 2.95 bits per heavy atom. The summed E-state index contributed by atoms with van der Waals surface area (Å²) < 4.78 is 0. The third kappa shape index (κ3) is 2.84. The van der Waals surface area contributed by atoms with E-state index in [1.807, 2.05) is 37.4 Å². The number of hydrogen-bond acceptors (Lipinski definition) is 2. The quantitative estimate of drug-likeness (QED) is 0.808. The number of benzene rings is 1. The fourth-order valence-electron chi connectivity index (χ4n) is 2.31. The Morgan fingerprint density at radius 2 is 2.25 bits per heavy atom. The molecule has 0 aliphatic carbocycles. The summed E-state index contributed by atoms with van der Waals surface area (Å²) in [6, 6.07) is 7.41. The number of hydrogen-bond donors (Lipinski definition) is 2. The van der Waals surface area contributed by atoms with Crippen LogP contribution in [0.5, 0.6) is 0 Å². The van der Waals surface area contributed by atoms with E-state index < -0.39 is 6.04 Å². The predicted molar refractivity (Wildman–Crippen MR) is 81.1 cm³/mol. The van der Waals surface area contributed by atoms with Gasteiger partial charge in [-0.25, -0.2) is 0 Å². The minimum atomic E-state index is -0.567. The second-order valence-electron chi connectivity index (χ2n) is 4.73. The molecule has 4 nitrogen and oxygen atoms in total. The molecule has 0 fully saturated rings. The fourth-order valence-corrected chi connectivity index (χ4v) is 2.31. The number of terminal acetylenes is 1. The topological polar surface area (TPSA) is 62.1 Å². The van der Waals surface area contributed by atoms with Crippen molar-refractivity contribution in [3.63, 3.8) is 0 Å². The normalized spacial score (nSPS) is 12.1. The summed E-state index contributed by atoms with van der Waals surface area (Å²) in [5.41, 5.74) is 8.14. The van der Waals surface area contributed by atoms with Crippen LogP contribution in [0.3, 0.4) is 0 Å². The van der Waals surface area contributed by atoms with Crippen molar-refractivity contribution in [1.82, 2.24) is 9.88 Å². The molecule has 1 aromatic heterocycles. The molecule has 1 amide bonds. The van der Waals surface area contributed by atoms with E-state index in [1.54, 1.807) is 4.90 Å². The molecule has 2 rings (SSSR count). The number of likely N-dealkylation sites (N-methyl/N-ethyl adjacent to an activating group) is 1. The van der Waals surface area contributed by atoms with Gasteiger partial charge in [-0.3, -0.25) is 4.79 Å². The van der Waals surface area contributed by atoms with Crippen molar-refractivity contribution in [2.24, 2.45) is 5.73 Å². The number of H-pyrrole nitrogens is 1. The third-order valence-electron chi connectivity index (χ3n) is 3.41. The summed E-state index contributed by atoms with van der Waals surface area (Å²) in [6.07, 6.45) is 7.68. The highest BCUT2D eigenvalue weighted by molar-refractivity contribution is 5.86. The SMILES string of the molecule is C#CCN(CC)C(=O)[C@@H](N)Cc1c[nH]c2ccccc12. The first-order valence-electron chi connectivity index (χ1n) is 6.70. The third-order valence-corrected chi connectivity index (χ3v) is 3.41. The minimum absolute atomic E-state index is 0.101. The summed E-state index contributed by atoms with van der Waals surface area (Å²) >= 11 is 0. The van der Waals surface area contributed by atoms with Gasteiger partial charge >= 0.3 is 0 Å². The lowest BCUT2D eigenvalue weighted by Crippen LogP contribution is -2.45. The highest BCUT2D eigenvalue weighted by Gasteiger charge is 2.20. The molecule has 2 aromatic rings. The zero-order chi connectivity index (χ0) is 14.5. The number of carbonyl (C=O) groups excluding carboxylic acids is 1. The van der Waals surface area contributed by atoms with Crippen LogP contribution < -0.4 is 5.73 Å². The Labute approximate surface area is 119 Å². The van der Waals surface area contributed by atoms with Gasteiger partial charge in [0.1, 0.15) is 0 Å². The number of aromatic nitrogens is 1. The van der Waals surface area contributed by atoms with Crippen LogP contribution in [0.1, 0.15) is 12.5 Å². The number of nitrogens with two attached hydrogens (primary N) is 1. The number of para-hydroxylation sites is 1. The van der Waals surface area contributed by atoms with Gasteiger partial charge in [-0.05, 0) is 25.0 Å². The van der Waals surface area contributed by atoms with Crippen LogP contribution in [-0.2, 0) is 11.2 Å². The monoisotopic (exact) mass is 269 g/mol. The maximum Gasteiger partial charge on any atom is 0.240 e. The van der Waals surface area contributed by atoms with E-state index in [0.29, 0.717) is 19.5 Å². The highest BCUT2D eigenvalue weighted by atomic mass is 16.2. The first kappa shape index (κ1) is 14.2. The van der Waals surface area contributed by atoms with E-state index in [2.05, 4.69) is 10.9 Å². The van der Waals surface area contributed by atoms with Crippen LogP contribution >= 0.6 is 0 Å². The van der Waals surface area contributed by atoms with Crippen LogP contribution in [0.2, 0.25) is 0 Å². The van der Waals surface area contributed by atoms with E-state index in [4.69, 9.17) is 12.2 Å². The molecule has 0 unspecified atom stereocenters. The maximum absolute atomic E-state index is 12.2. The molecule has 3 N–H and O–H groups in total. The Morgan fingerprint density at radius 1 is 1.50 bits per heavy atom. The standard InChI is InChI=1S/C16H19N3O/c1-3-9-19(4-2)16(20)14(17)10-12-11-18-15-8-6-5-7-13(12)15/h1,5-8,11,14,18H,4,9-10,17H2,2H3/t14-/m0/s1. The molecule has 0 aliphatic heterocycles. The predicted octanol–water partition coefficient (Wildman–Crippen LogP) is 1.52. The Hall–Kier alpha value is -2.25. The van der Waals surface area contributed by atoms with Crippen molar-refractivity contribution in [2.45, 2.75) is 19.4 Å². The summed E-state index contributed by atoms with van der Waals surface area (Å²) in [7, 11) is 0. The molecule has 4 heteroatoms. The second-order valence-corrected chi connectivity index (χ2v) is 4.73. The molecule has 0 aliphatic rings. The molecule has 104 valence electrons. The summed E-state index contributed by atoms with van der Waals surface area (Å²) in [4.78, 5) is 17.0. The number of amides is 1. The average molecular weight is 269 g/mol. The van der Waals surface area contributed by atoms with Crippen LogP contribution in [0.25, 0.3) is 10.9 Å². The zero-order valence-corrected chi connectivity index (χ0v) is 11.6. The molecule has 0 bridgehead atoms. The summed E-state index contributed by atoms with van der Waals surface area (Å²) in [6.45, 7) is 2.77. The molecule has 0 spiro atoms. The number of fused-ring (bicyclic) bond motifs is 1. The lowest BCUT2D eigenvalue weighted by molar-refractivity contribution is -0.131. The number of carbonyl (C=O) groups is 1. The molecule has 0 saturated carbocycles. The van der Waals surface area contributed by atoms with Gasteiger partial charge in [0.15, 0.2) is 0 Å². The smallest absolute Gasteiger partial charge is 0.240 e. The molecule has 1 aromatic carbocycles. The molecule has 20 heavy (non-hydrogen) atoms. The molecular formula is C16H19N3O. The van der Waals surface area contributed by atoms with Crippen molar-refractivity contribution in [3.05, 3.63) is 36.0 Å². The van der Waals surface area contributed by atoms with Gasteiger partial charge in [-0.2, -0.15) is 0 Å². The van der Waals surface area contributed by atoms with Crippen LogP contribution in [0.4, 0.5) is 0 Å². The van der Waals surface area contributed by atoms with E-state index >= 15 is 0 Å². The van der Waals surface area contributed by atoms with Gasteiger partial charge < -0.3 is 15.6 Å². The van der Waals surface area contributed by atoms with Gasteiger partial charge in [-0.15, -0.1) is 6.42 Å². The Kier molecular flexibility index (Phi) is 4.44. The molecular weight excluding hydrogens is 250 g/mol. The highest BCUT2D eigenvalue weighted by Crippen LogP contribution is 2.19. The van der Waals surface area contributed by atoms with Crippen LogP contribution in [0, 0.1) is 12.3 Å². The summed E-state index contributed by atoms with van der Waals surface area (Å²) in [5.74, 6) is 2.39. The number of rotatable bonds is 5. The van der Waals surface area contributed by atoms with Crippen molar-refractivity contribution in [3.8, 4) is 12.3 Å². The van der Waals surface area contributed by atoms with E-state index in [0.717, 1.165) is 16.5 Å². The zero-order valence-electron chi connectivity index (χ0n) is 11.6. The largest absolute Gasteiger partial charge is 0.361 e.